The minimum absolute atomic E-state index is 0.147. The van der Waals surface area contributed by atoms with Gasteiger partial charge in [0.15, 0.2) is 5.82 Å². The zero-order chi connectivity index (χ0) is 17.8. The molecule has 3 rings (SSSR count). The number of aromatic nitrogens is 4. The molecule has 0 fully saturated rings. The van der Waals surface area contributed by atoms with E-state index in [-0.39, 0.29) is 12.5 Å². The Labute approximate surface area is 145 Å². The van der Waals surface area contributed by atoms with Crippen LogP contribution in [-0.4, -0.2) is 25.5 Å². The van der Waals surface area contributed by atoms with E-state index < -0.39 is 0 Å². The van der Waals surface area contributed by atoms with Crippen LogP contribution in [0.25, 0.3) is 0 Å². The summed E-state index contributed by atoms with van der Waals surface area (Å²) in [6, 6.07) is 13.1. The molecule has 3 aromatic rings. The van der Waals surface area contributed by atoms with Crippen molar-refractivity contribution in [3.05, 3.63) is 65.1 Å². The van der Waals surface area contributed by atoms with E-state index >= 15 is 0 Å². The molecular formula is C18H18N6O. The number of nitriles is 1. The monoisotopic (exact) mass is 334 g/mol. The van der Waals surface area contributed by atoms with E-state index in [1.807, 2.05) is 48.9 Å². The van der Waals surface area contributed by atoms with E-state index in [0.29, 0.717) is 17.9 Å². The van der Waals surface area contributed by atoms with E-state index in [1.54, 1.807) is 18.3 Å². The normalized spacial score (nSPS) is 10.4. The summed E-state index contributed by atoms with van der Waals surface area (Å²) in [6.45, 7) is 4.72. The zero-order valence-corrected chi connectivity index (χ0v) is 14.1. The predicted molar refractivity (Wildman–Crippen MR) is 93.0 cm³/mol. The van der Waals surface area contributed by atoms with Crippen LogP contribution in [0.2, 0.25) is 0 Å². The molecule has 0 bridgehead atoms. The number of amides is 1. The smallest absolute Gasteiger partial charge is 0.256 e. The number of carbonyl (C=O) groups is 1. The molecule has 0 aliphatic heterocycles. The number of aryl methyl sites for hydroxylation is 2. The minimum Gasteiger partial charge on any atom is -0.305 e. The summed E-state index contributed by atoms with van der Waals surface area (Å²) in [5.74, 6) is 0.182. The predicted octanol–water partition coefficient (Wildman–Crippen LogP) is 2.52. The first kappa shape index (κ1) is 16.5. The maximum Gasteiger partial charge on any atom is 0.256 e. The van der Waals surface area contributed by atoms with Crippen LogP contribution in [0.4, 0.5) is 5.82 Å². The van der Waals surface area contributed by atoms with E-state index in [2.05, 4.69) is 15.5 Å². The Bertz CT molecular complexity index is 947. The second-order valence-electron chi connectivity index (χ2n) is 5.80. The van der Waals surface area contributed by atoms with Gasteiger partial charge in [-0.2, -0.15) is 15.5 Å². The van der Waals surface area contributed by atoms with Crippen molar-refractivity contribution in [2.45, 2.75) is 26.9 Å². The summed E-state index contributed by atoms with van der Waals surface area (Å²) in [5.41, 5.74) is 3.59. The Balaban J connectivity index is 1.72. The second kappa shape index (κ2) is 7.01. The van der Waals surface area contributed by atoms with Crippen molar-refractivity contribution >= 4 is 11.7 Å². The molecular weight excluding hydrogens is 316 g/mol. The first-order valence-electron chi connectivity index (χ1n) is 7.87. The molecule has 0 radical (unpaired) electrons. The van der Waals surface area contributed by atoms with Gasteiger partial charge >= 0.3 is 0 Å². The van der Waals surface area contributed by atoms with Gasteiger partial charge in [0.2, 0.25) is 0 Å². The molecule has 0 unspecified atom stereocenters. The summed E-state index contributed by atoms with van der Waals surface area (Å²) < 4.78 is 3.38. The Morgan fingerprint density at radius 1 is 1.24 bits per heavy atom. The molecule has 0 spiro atoms. The van der Waals surface area contributed by atoms with Gasteiger partial charge in [-0.05, 0) is 37.6 Å². The van der Waals surface area contributed by atoms with Gasteiger partial charge in [0, 0.05) is 23.5 Å². The zero-order valence-electron chi connectivity index (χ0n) is 14.1. The molecule has 126 valence electrons. The van der Waals surface area contributed by atoms with E-state index in [4.69, 9.17) is 5.26 Å². The third-order valence-corrected chi connectivity index (χ3v) is 3.74. The molecule has 2 heterocycles. The highest BCUT2D eigenvalue weighted by atomic mass is 16.1. The van der Waals surface area contributed by atoms with Crippen molar-refractivity contribution in [2.24, 2.45) is 0 Å². The number of nitrogens with zero attached hydrogens (tertiary/aromatic N) is 5. The fraction of sp³-hybridized carbons (Fsp3) is 0.222. The van der Waals surface area contributed by atoms with Crippen LogP contribution >= 0.6 is 0 Å². The molecule has 7 heteroatoms. The standard InChI is InChI=1S/C18H18N6O/c1-13-10-14(2)24(21-13)12-15-4-3-5-16(11-15)18(25)20-17-6-8-23(22-17)9-7-19/h3-6,8,10-11H,9,12H2,1-2H3,(H,20,22,25). The SMILES string of the molecule is Cc1cc(C)n(Cc2cccc(C(=O)Nc3ccn(CC#N)n3)c2)n1. The number of hydrogen-bond acceptors (Lipinski definition) is 4. The van der Waals surface area contributed by atoms with Crippen LogP contribution in [0.3, 0.4) is 0 Å². The minimum atomic E-state index is -0.238. The topological polar surface area (TPSA) is 88.5 Å². The van der Waals surface area contributed by atoms with Crippen molar-refractivity contribution in [3.8, 4) is 6.07 Å². The van der Waals surface area contributed by atoms with Gasteiger partial charge < -0.3 is 5.32 Å². The van der Waals surface area contributed by atoms with Crippen LogP contribution in [0.1, 0.15) is 27.3 Å². The number of rotatable bonds is 5. The van der Waals surface area contributed by atoms with Gasteiger partial charge in [-0.3, -0.25) is 14.2 Å². The fourth-order valence-corrected chi connectivity index (χ4v) is 2.60. The molecule has 7 nitrogen and oxygen atoms in total. The number of benzene rings is 1. The molecule has 0 aliphatic carbocycles. The molecule has 1 amide bonds. The lowest BCUT2D eigenvalue weighted by atomic mass is 10.1. The Kier molecular flexibility index (Phi) is 4.61. The van der Waals surface area contributed by atoms with Gasteiger partial charge in [-0.1, -0.05) is 12.1 Å². The van der Waals surface area contributed by atoms with Gasteiger partial charge in [-0.25, -0.2) is 0 Å². The van der Waals surface area contributed by atoms with Gasteiger partial charge in [0.05, 0.1) is 18.3 Å². The summed E-state index contributed by atoms with van der Waals surface area (Å²) >= 11 is 0. The number of carbonyl (C=O) groups excluding carboxylic acids is 1. The molecule has 0 saturated heterocycles. The number of nitrogens with one attached hydrogen (secondary N) is 1. The van der Waals surface area contributed by atoms with E-state index in [0.717, 1.165) is 17.0 Å². The largest absolute Gasteiger partial charge is 0.305 e. The molecule has 1 N–H and O–H groups in total. The van der Waals surface area contributed by atoms with Crippen LogP contribution < -0.4 is 5.32 Å². The maximum absolute atomic E-state index is 12.4. The lowest BCUT2D eigenvalue weighted by Crippen LogP contribution is -2.13. The Morgan fingerprint density at radius 3 is 2.80 bits per heavy atom. The van der Waals surface area contributed by atoms with Gasteiger partial charge in [0.25, 0.3) is 5.91 Å². The molecule has 0 saturated carbocycles. The number of anilines is 1. The summed E-state index contributed by atoms with van der Waals surface area (Å²) in [4.78, 5) is 12.4. The quantitative estimate of drug-likeness (QED) is 0.776. The lowest BCUT2D eigenvalue weighted by molar-refractivity contribution is 0.102. The van der Waals surface area contributed by atoms with Crippen molar-refractivity contribution in [1.82, 2.24) is 19.6 Å². The Morgan fingerprint density at radius 2 is 2.08 bits per heavy atom. The average Bonchev–Trinajstić information content (AvgIpc) is 3.14. The van der Waals surface area contributed by atoms with Crippen molar-refractivity contribution in [2.75, 3.05) is 5.32 Å². The first-order chi connectivity index (χ1) is 12.0. The van der Waals surface area contributed by atoms with Crippen LogP contribution in [-0.2, 0) is 13.1 Å². The first-order valence-corrected chi connectivity index (χ1v) is 7.87. The molecule has 0 aliphatic rings. The lowest BCUT2D eigenvalue weighted by Gasteiger charge is -2.07. The Hall–Kier alpha value is -3.40. The number of hydrogen-bond donors (Lipinski definition) is 1. The molecule has 2 aromatic heterocycles. The molecule has 25 heavy (non-hydrogen) atoms. The van der Waals surface area contributed by atoms with Gasteiger partial charge in [0.1, 0.15) is 6.54 Å². The maximum atomic E-state index is 12.4. The van der Waals surface area contributed by atoms with Gasteiger partial charge in [-0.15, -0.1) is 0 Å². The van der Waals surface area contributed by atoms with E-state index in [9.17, 15) is 4.79 Å². The second-order valence-corrected chi connectivity index (χ2v) is 5.80. The van der Waals surface area contributed by atoms with Crippen molar-refractivity contribution in [3.63, 3.8) is 0 Å². The summed E-state index contributed by atoms with van der Waals surface area (Å²) in [7, 11) is 0. The average molecular weight is 334 g/mol. The van der Waals surface area contributed by atoms with E-state index in [1.165, 1.54) is 4.68 Å². The highest BCUT2D eigenvalue weighted by Gasteiger charge is 2.10. The summed E-state index contributed by atoms with van der Waals surface area (Å²) in [5, 5.41) is 20.0. The van der Waals surface area contributed by atoms with Crippen molar-refractivity contribution < 1.29 is 4.79 Å². The van der Waals surface area contributed by atoms with Crippen LogP contribution in [0.15, 0.2) is 42.6 Å². The highest BCUT2D eigenvalue weighted by Crippen LogP contribution is 2.12. The summed E-state index contributed by atoms with van der Waals surface area (Å²) in [6.07, 6.45) is 1.65. The van der Waals surface area contributed by atoms with Crippen LogP contribution in [0, 0.1) is 25.2 Å². The van der Waals surface area contributed by atoms with Crippen molar-refractivity contribution in [1.29, 1.82) is 5.26 Å². The molecule has 1 aromatic carbocycles. The third kappa shape index (κ3) is 3.93. The highest BCUT2D eigenvalue weighted by molar-refractivity contribution is 6.03. The fourth-order valence-electron chi connectivity index (χ4n) is 2.60. The van der Waals surface area contributed by atoms with Crippen LogP contribution in [0.5, 0.6) is 0 Å². The molecule has 0 atom stereocenters. The third-order valence-electron chi connectivity index (χ3n) is 3.74.